The first-order valence-electron chi connectivity index (χ1n) is 37.4. The highest BCUT2D eigenvalue weighted by Crippen LogP contribution is 2.44. The number of rotatable bonds is 13. The van der Waals surface area contributed by atoms with Gasteiger partial charge in [0.2, 0.25) is 70.9 Å². The number of nitrogens with one attached hydrogen (secondary N) is 3. The summed E-state index contributed by atoms with van der Waals surface area (Å²) in [7, 11) is 8.56. The van der Waals surface area contributed by atoms with Gasteiger partial charge in [-0.2, -0.15) is 13.2 Å². The van der Waals surface area contributed by atoms with E-state index >= 15 is 28.8 Å². The molecule has 4 heterocycles. The Labute approximate surface area is 600 Å². The first-order valence-corrected chi connectivity index (χ1v) is 37.8. The van der Waals surface area contributed by atoms with Gasteiger partial charge < -0.3 is 64.8 Å². The van der Waals surface area contributed by atoms with Gasteiger partial charge in [0, 0.05) is 80.4 Å². The second kappa shape index (κ2) is 36.4. The van der Waals surface area contributed by atoms with Crippen molar-refractivity contribution < 1.29 is 75.4 Å². The number of hydrogen-bond acceptors (Lipinski definition) is 13. The molecule has 12 amide bonds. The molecule has 7 rings (SSSR count). The highest BCUT2D eigenvalue weighted by Gasteiger charge is 2.52. The Balaban J connectivity index is 1.27. The lowest BCUT2D eigenvalue weighted by Gasteiger charge is -2.45. The lowest BCUT2D eigenvalue weighted by atomic mass is 9.78. The average Bonchev–Trinajstić information content (AvgIpc) is 1.43. The average molecular weight is 1450 g/mol. The summed E-state index contributed by atoms with van der Waals surface area (Å²) in [4.78, 5) is 192. The molecule has 101 heavy (non-hydrogen) atoms. The van der Waals surface area contributed by atoms with E-state index in [1.807, 2.05) is 13.8 Å². The number of likely N-dealkylation sites (tertiary alicyclic amines) is 1. The van der Waals surface area contributed by atoms with Crippen molar-refractivity contribution in [3.8, 4) is 0 Å². The molecule has 4 aliphatic heterocycles. The van der Waals surface area contributed by atoms with E-state index in [-0.39, 0.29) is 102 Å². The minimum atomic E-state index is -4.51. The summed E-state index contributed by atoms with van der Waals surface area (Å²) in [5, 5.41) is 7.54. The summed E-state index contributed by atoms with van der Waals surface area (Å²) in [6.07, 6.45) is 4.80. The lowest BCUT2D eigenvalue weighted by Crippen LogP contribution is -2.65. The number of amides is 12. The topological polar surface area (TPSA) is 279 Å². The fourth-order valence-electron chi connectivity index (χ4n) is 16.3. The van der Waals surface area contributed by atoms with Crippen molar-refractivity contribution in [1.29, 1.82) is 0 Å². The van der Waals surface area contributed by atoms with Crippen molar-refractivity contribution in [2.24, 2.45) is 29.6 Å². The number of carbonyl (C=O) groups excluding carboxylic acids is 12. The van der Waals surface area contributed by atoms with Gasteiger partial charge in [0.15, 0.2) is 0 Å². The molecule has 0 aromatic heterocycles. The quantitative estimate of drug-likeness (QED) is 0.153. The van der Waals surface area contributed by atoms with Crippen molar-refractivity contribution in [2.45, 2.75) is 267 Å². The van der Waals surface area contributed by atoms with Crippen LogP contribution in [0.5, 0.6) is 0 Å². The van der Waals surface area contributed by atoms with E-state index in [1.165, 1.54) is 83.5 Å². The maximum absolute atomic E-state index is 15.5. The summed E-state index contributed by atoms with van der Waals surface area (Å²) in [5.41, 5.74) is -1.57. The van der Waals surface area contributed by atoms with Gasteiger partial charge in [-0.25, -0.2) is 0 Å². The van der Waals surface area contributed by atoms with Crippen LogP contribution < -0.4 is 16.0 Å². The highest BCUT2D eigenvalue weighted by atomic mass is 35.5. The van der Waals surface area contributed by atoms with Crippen molar-refractivity contribution >= 4 is 82.5 Å². The number of likely N-dealkylation sites (N-methyl/N-ethyl adjacent to an activating group) is 6. The summed E-state index contributed by atoms with van der Waals surface area (Å²) in [6, 6.07) is -11.2. The highest BCUT2D eigenvalue weighted by molar-refractivity contribution is 6.21. The molecule has 29 heteroatoms. The van der Waals surface area contributed by atoms with Crippen LogP contribution in [0, 0.1) is 29.6 Å². The van der Waals surface area contributed by atoms with E-state index in [0.29, 0.717) is 58.0 Å². The van der Waals surface area contributed by atoms with Crippen LogP contribution in [0.4, 0.5) is 13.2 Å². The molecule has 7 aliphatic rings. The Morgan fingerprint density at radius 2 is 1.27 bits per heavy atom. The summed E-state index contributed by atoms with van der Waals surface area (Å²) in [5.74, 6) is -10.9. The first kappa shape index (κ1) is 82.0. The minimum absolute atomic E-state index is 0.00206. The third-order valence-electron chi connectivity index (χ3n) is 23.2. The Bertz CT molecular complexity index is 2950. The van der Waals surface area contributed by atoms with Crippen molar-refractivity contribution in [3.05, 3.63) is 0 Å². The third kappa shape index (κ3) is 19.7. The molecule has 4 saturated heterocycles. The number of alkyl halides is 4. The lowest BCUT2D eigenvalue weighted by molar-refractivity contribution is -0.182. The molecule has 3 N–H and O–H groups in total. The molecular formula is C72H116ClF3N12O13. The standard InChI is InChI=1S/C72H116ClF3N12O13/c1-13-38-101-43-56-61(91)78-59(45(5)14-2)68(98)81(8)46(6)63(93)88-37-31-53(88)66(96)83(10)54(40-47-24-17-15-18-25-47)65(95)80(7)42-57(89)77-51(30-28-48-27-29-49(50(73)39-48)72(74,75)76)64(94)87-36-23-26-52(87)62(92)79-71(32-19-20-33-71)70(100)85(12)60(44(3)4)69(99)84(11)55(41-58(90)82(56)9)67(97)86-34-21-16-22-35-86/h44-56,59-60H,13-43H2,1-12H3,(H,77,89)(H,78,91)(H,79,92)/t45-,46-,48?,49?,50?,51-,52-,53-,54-,55-,56-,59-,60-/m0/s1. The van der Waals surface area contributed by atoms with Crippen LogP contribution in [0.1, 0.15) is 196 Å². The van der Waals surface area contributed by atoms with Crippen LogP contribution in [-0.4, -0.2) is 275 Å². The number of nitrogens with zero attached hydrogens (tertiary/aromatic N) is 9. The number of ether oxygens (including phenoxy) is 1. The van der Waals surface area contributed by atoms with Crippen LogP contribution in [0.2, 0.25) is 0 Å². The molecule has 0 radical (unpaired) electrons. The zero-order valence-electron chi connectivity index (χ0n) is 61.9. The Morgan fingerprint density at radius 3 is 1.86 bits per heavy atom. The van der Waals surface area contributed by atoms with Gasteiger partial charge >= 0.3 is 6.18 Å². The number of piperidine rings is 1. The van der Waals surface area contributed by atoms with Crippen molar-refractivity contribution in [1.82, 2.24) is 60.0 Å². The number of hydrogen-bond donors (Lipinski definition) is 3. The molecule has 3 saturated carbocycles. The molecule has 13 atom stereocenters. The normalized spacial score (nSPS) is 30.7. The second-order valence-corrected chi connectivity index (χ2v) is 31.1. The Kier molecular flexibility index (Phi) is 29.5. The molecule has 3 unspecified atom stereocenters. The van der Waals surface area contributed by atoms with Crippen molar-refractivity contribution in [3.63, 3.8) is 0 Å². The molecule has 25 nitrogen and oxygen atoms in total. The molecular weight excluding hydrogens is 1330 g/mol. The third-order valence-corrected chi connectivity index (χ3v) is 23.7. The van der Waals surface area contributed by atoms with Crippen LogP contribution in [0.15, 0.2) is 0 Å². The molecule has 1 spiro atoms. The molecule has 0 aromatic carbocycles. The van der Waals surface area contributed by atoms with Gasteiger partial charge in [0.1, 0.15) is 59.9 Å². The molecule has 7 fully saturated rings. The van der Waals surface area contributed by atoms with E-state index < -0.39 is 173 Å². The number of carbonyl (C=O) groups is 12. The SMILES string of the molecule is CCCOC[C@H]1C(=O)N[C@@H]([C@@H](C)CC)C(=O)N(C)[C@@H](C)C(=O)N2CC[C@H]2C(=O)N(C)[C@@H](CC2CCCCC2)C(=O)N(C)CC(=O)N[C@@H](CCC2CCC(C(F)(F)F)C(Cl)C2)C(=O)N2CCC[C@H]2C(=O)NC2(CCCC2)C(=O)N(C)[C@@H](C(C)C)C(=O)N(C)[C@H](C(=O)N2CCCCC2)CC(=O)N1C. The maximum Gasteiger partial charge on any atom is 0.393 e. The summed E-state index contributed by atoms with van der Waals surface area (Å²) >= 11 is 6.41. The summed E-state index contributed by atoms with van der Waals surface area (Å²) < 4.78 is 48.0. The van der Waals surface area contributed by atoms with E-state index in [4.69, 9.17) is 16.3 Å². The monoisotopic (exact) mass is 1450 g/mol. The Hall–Kier alpha value is -6.32. The predicted molar refractivity (Wildman–Crippen MR) is 372 cm³/mol. The van der Waals surface area contributed by atoms with Gasteiger partial charge in [-0.3, -0.25) is 57.5 Å². The fourth-order valence-corrected chi connectivity index (χ4v) is 16.8. The fraction of sp³-hybridized carbons (Fsp3) is 0.833. The predicted octanol–water partition coefficient (Wildman–Crippen LogP) is 5.47. The molecule has 0 bridgehead atoms. The maximum atomic E-state index is 15.5. The zero-order valence-corrected chi connectivity index (χ0v) is 62.7. The summed E-state index contributed by atoms with van der Waals surface area (Å²) in [6.45, 7) is 10.6. The molecule has 3 aliphatic carbocycles. The van der Waals surface area contributed by atoms with Crippen molar-refractivity contribution in [2.75, 3.05) is 88.2 Å². The van der Waals surface area contributed by atoms with E-state index in [0.717, 1.165) is 43.4 Å². The van der Waals surface area contributed by atoms with Crippen LogP contribution in [-0.2, 0) is 62.3 Å². The van der Waals surface area contributed by atoms with Gasteiger partial charge in [-0.05, 0) is 127 Å². The van der Waals surface area contributed by atoms with Gasteiger partial charge in [-0.1, -0.05) is 86.0 Å². The largest absolute Gasteiger partial charge is 0.393 e. The van der Waals surface area contributed by atoms with Crippen LogP contribution in [0.3, 0.4) is 0 Å². The van der Waals surface area contributed by atoms with Gasteiger partial charge in [0.05, 0.1) is 25.5 Å². The minimum Gasteiger partial charge on any atom is -0.379 e. The van der Waals surface area contributed by atoms with Crippen LogP contribution in [0.25, 0.3) is 0 Å². The Morgan fingerprint density at radius 1 is 0.624 bits per heavy atom. The number of fused-ring (bicyclic) bond motifs is 2. The second-order valence-electron chi connectivity index (χ2n) is 30.5. The van der Waals surface area contributed by atoms with Gasteiger partial charge in [-0.15, -0.1) is 11.6 Å². The molecule has 570 valence electrons. The van der Waals surface area contributed by atoms with Gasteiger partial charge in [0.25, 0.3) is 0 Å². The first-order chi connectivity index (χ1) is 47.7. The number of halogens is 4. The molecule has 0 aromatic rings. The van der Waals surface area contributed by atoms with Crippen LogP contribution >= 0.6 is 11.6 Å². The van der Waals surface area contributed by atoms with E-state index in [1.54, 1.807) is 25.7 Å². The smallest absolute Gasteiger partial charge is 0.379 e. The van der Waals surface area contributed by atoms with E-state index in [9.17, 15) is 41.9 Å². The van der Waals surface area contributed by atoms with E-state index in [2.05, 4.69) is 16.0 Å². The zero-order chi connectivity index (χ0) is 74.5.